The standard InChI is InChI=1S/C18H25N3O3S/c1-5-21(6-2)12-8-9-13(14(22)10-12)16-15(17(23)24-7-3)11(4)19-18(25)20-16/h8-10,16,22H,5-7H2,1-4H3,(H2,19,20,25). The van der Waals surface area contributed by atoms with E-state index in [4.69, 9.17) is 17.0 Å². The van der Waals surface area contributed by atoms with Crippen LogP contribution in [0.15, 0.2) is 29.5 Å². The molecule has 0 amide bonds. The summed E-state index contributed by atoms with van der Waals surface area (Å²) in [7, 11) is 0. The fourth-order valence-electron chi connectivity index (χ4n) is 2.97. The van der Waals surface area contributed by atoms with E-state index in [1.54, 1.807) is 19.9 Å². The number of carbonyl (C=O) groups excluding carboxylic acids is 1. The van der Waals surface area contributed by atoms with Gasteiger partial charge >= 0.3 is 5.97 Å². The number of esters is 1. The van der Waals surface area contributed by atoms with Gasteiger partial charge in [0, 0.05) is 36.1 Å². The third-order valence-electron chi connectivity index (χ3n) is 4.22. The summed E-state index contributed by atoms with van der Waals surface area (Å²) in [6.45, 7) is 9.62. The van der Waals surface area contributed by atoms with Crippen LogP contribution < -0.4 is 15.5 Å². The quantitative estimate of drug-likeness (QED) is 0.530. The molecule has 3 N–H and O–H groups in total. The molecule has 25 heavy (non-hydrogen) atoms. The number of hydrogen-bond acceptors (Lipinski definition) is 5. The molecule has 1 atom stereocenters. The number of thiocarbonyl (C=S) groups is 1. The highest BCUT2D eigenvalue weighted by Gasteiger charge is 2.32. The first-order valence-corrected chi connectivity index (χ1v) is 8.86. The molecule has 0 bridgehead atoms. The third-order valence-corrected chi connectivity index (χ3v) is 4.44. The Morgan fingerprint density at radius 1 is 1.32 bits per heavy atom. The maximum atomic E-state index is 12.4. The molecule has 6 nitrogen and oxygen atoms in total. The summed E-state index contributed by atoms with van der Waals surface area (Å²) in [6.07, 6.45) is 0. The lowest BCUT2D eigenvalue weighted by molar-refractivity contribution is -0.139. The summed E-state index contributed by atoms with van der Waals surface area (Å²) in [4.78, 5) is 14.5. The van der Waals surface area contributed by atoms with Gasteiger partial charge < -0.3 is 25.4 Å². The Morgan fingerprint density at radius 3 is 2.56 bits per heavy atom. The highest BCUT2D eigenvalue weighted by Crippen LogP contribution is 2.35. The average molecular weight is 363 g/mol. The monoisotopic (exact) mass is 363 g/mol. The second-order valence-corrected chi connectivity index (χ2v) is 6.11. The minimum absolute atomic E-state index is 0.112. The first kappa shape index (κ1) is 19.1. The molecule has 0 spiro atoms. The van der Waals surface area contributed by atoms with Gasteiger partial charge in [-0.2, -0.15) is 0 Å². The molecular formula is C18H25N3O3S. The van der Waals surface area contributed by atoms with Gasteiger partial charge in [0.25, 0.3) is 0 Å². The Labute approximate surface area is 153 Å². The SMILES string of the molecule is CCOC(=O)C1=C(C)NC(=S)NC1c1ccc(N(CC)CC)cc1O. The number of nitrogens with one attached hydrogen (secondary N) is 2. The Bertz CT molecular complexity index is 699. The summed E-state index contributed by atoms with van der Waals surface area (Å²) in [5, 5.41) is 17.0. The van der Waals surface area contributed by atoms with Crippen LogP contribution in [0.1, 0.15) is 39.3 Å². The smallest absolute Gasteiger partial charge is 0.338 e. The van der Waals surface area contributed by atoms with Gasteiger partial charge in [0.15, 0.2) is 5.11 Å². The molecule has 0 aromatic heterocycles. The van der Waals surface area contributed by atoms with Gasteiger partial charge in [-0.3, -0.25) is 0 Å². The third kappa shape index (κ3) is 4.04. The maximum absolute atomic E-state index is 12.4. The molecule has 1 aliphatic heterocycles. The van der Waals surface area contributed by atoms with Crippen LogP contribution in [-0.2, 0) is 9.53 Å². The normalized spacial score (nSPS) is 17.0. The number of phenols is 1. The lowest BCUT2D eigenvalue weighted by atomic mass is 9.94. The largest absolute Gasteiger partial charge is 0.507 e. The minimum Gasteiger partial charge on any atom is -0.507 e. The minimum atomic E-state index is -0.557. The zero-order chi connectivity index (χ0) is 18.6. The Hall–Kier alpha value is -2.28. The van der Waals surface area contributed by atoms with Crippen LogP contribution in [0, 0.1) is 0 Å². The van der Waals surface area contributed by atoms with Crippen molar-refractivity contribution in [3.05, 3.63) is 35.0 Å². The van der Waals surface area contributed by atoms with Gasteiger partial charge in [-0.15, -0.1) is 0 Å². The number of nitrogens with zero attached hydrogens (tertiary/aromatic N) is 1. The van der Waals surface area contributed by atoms with Crippen molar-refractivity contribution in [2.75, 3.05) is 24.6 Å². The topological polar surface area (TPSA) is 73.8 Å². The molecule has 1 aliphatic rings. The van der Waals surface area contributed by atoms with Crippen molar-refractivity contribution < 1.29 is 14.6 Å². The van der Waals surface area contributed by atoms with Gasteiger partial charge in [0.1, 0.15) is 5.75 Å². The molecule has 136 valence electrons. The summed E-state index contributed by atoms with van der Waals surface area (Å²) >= 11 is 5.21. The molecule has 1 aromatic carbocycles. The number of carbonyl (C=O) groups is 1. The number of aromatic hydroxyl groups is 1. The second-order valence-electron chi connectivity index (χ2n) is 5.71. The summed E-state index contributed by atoms with van der Waals surface area (Å²) in [6, 6.07) is 4.92. The number of benzene rings is 1. The first-order chi connectivity index (χ1) is 11.9. The van der Waals surface area contributed by atoms with Crippen molar-refractivity contribution in [2.24, 2.45) is 0 Å². The summed E-state index contributed by atoms with van der Waals surface area (Å²) in [5.74, 6) is -0.319. The molecule has 1 heterocycles. The molecule has 0 fully saturated rings. The van der Waals surface area contributed by atoms with E-state index >= 15 is 0 Å². The van der Waals surface area contributed by atoms with Crippen LogP contribution in [0.2, 0.25) is 0 Å². The van der Waals surface area contributed by atoms with E-state index in [2.05, 4.69) is 29.4 Å². The van der Waals surface area contributed by atoms with Crippen molar-refractivity contribution in [2.45, 2.75) is 33.7 Å². The Kier molecular flexibility index (Phi) is 6.25. The molecule has 0 saturated carbocycles. The lowest BCUT2D eigenvalue weighted by Gasteiger charge is -2.30. The van der Waals surface area contributed by atoms with E-state index in [0.29, 0.717) is 21.9 Å². The van der Waals surface area contributed by atoms with Gasteiger partial charge in [-0.25, -0.2) is 4.79 Å². The van der Waals surface area contributed by atoms with Crippen LogP contribution >= 0.6 is 12.2 Å². The molecule has 0 aliphatic carbocycles. The Morgan fingerprint density at radius 2 is 2.00 bits per heavy atom. The molecule has 1 aromatic rings. The molecule has 2 rings (SSSR count). The van der Waals surface area contributed by atoms with Crippen LogP contribution in [0.5, 0.6) is 5.75 Å². The van der Waals surface area contributed by atoms with Gasteiger partial charge in [-0.1, -0.05) is 6.07 Å². The van der Waals surface area contributed by atoms with Crippen LogP contribution in [0.3, 0.4) is 0 Å². The predicted octanol–water partition coefficient (Wildman–Crippen LogP) is 2.59. The number of allylic oxidation sites excluding steroid dienone is 1. The number of hydrogen-bond donors (Lipinski definition) is 3. The van der Waals surface area contributed by atoms with E-state index in [1.807, 2.05) is 12.1 Å². The van der Waals surface area contributed by atoms with E-state index in [0.717, 1.165) is 18.8 Å². The molecule has 0 saturated heterocycles. The van der Waals surface area contributed by atoms with Gasteiger partial charge in [-0.05, 0) is 46.0 Å². The molecule has 7 heteroatoms. The highest BCUT2D eigenvalue weighted by atomic mass is 32.1. The molecule has 0 radical (unpaired) electrons. The van der Waals surface area contributed by atoms with Crippen molar-refractivity contribution >= 4 is 29.0 Å². The van der Waals surface area contributed by atoms with E-state index in [-0.39, 0.29) is 12.4 Å². The Balaban J connectivity index is 2.45. The van der Waals surface area contributed by atoms with Crippen molar-refractivity contribution in [3.63, 3.8) is 0 Å². The van der Waals surface area contributed by atoms with Crippen LogP contribution in [-0.4, -0.2) is 35.9 Å². The van der Waals surface area contributed by atoms with Crippen molar-refractivity contribution in [3.8, 4) is 5.75 Å². The summed E-state index contributed by atoms with van der Waals surface area (Å²) in [5.41, 5.74) is 2.56. The maximum Gasteiger partial charge on any atom is 0.338 e. The van der Waals surface area contributed by atoms with E-state index in [1.165, 1.54) is 0 Å². The van der Waals surface area contributed by atoms with E-state index in [9.17, 15) is 9.90 Å². The van der Waals surface area contributed by atoms with Crippen LogP contribution in [0.4, 0.5) is 5.69 Å². The van der Waals surface area contributed by atoms with Crippen molar-refractivity contribution in [1.82, 2.24) is 10.6 Å². The average Bonchev–Trinajstić information content (AvgIpc) is 2.55. The number of ether oxygens (including phenoxy) is 1. The second kappa shape index (κ2) is 8.20. The van der Waals surface area contributed by atoms with Gasteiger partial charge in [0.2, 0.25) is 0 Å². The molecule has 1 unspecified atom stereocenters. The lowest BCUT2D eigenvalue weighted by Crippen LogP contribution is -2.45. The highest BCUT2D eigenvalue weighted by molar-refractivity contribution is 7.80. The molecular weight excluding hydrogens is 338 g/mol. The fourth-order valence-corrected chi connectivity index (χ4v) is 3.24. The first-order valence-electron chi connectivity index (χ1n) is 8.46. The number of rotatable bonds is 6. The van der Waals surface area contributed by atoms with Gasteiger partial charge in [0.05, 0.1) is 18.2 Å². The number of phenolic OH excluding ortho intramolecular Hbond substituents is 1. The number of anilines is 1. The van der Waals surface area contributed by atoms with Crippen LogP contribution in [0.25, 0.3) is 0 Å². The zero-order valence-electron chi connectivity index (χ0n) is 15.0. The summed E-state index contributed by atoms with van der Waals surface area (Å²) < 4.78 is 5.17. The fraction of sp³-hybridized carbons (Fsp3) is 0.444. The van der Waals surface area contributed by atoms with E-state index < -0.39 is 12.0 Å². The van der Waals surface area contributed by atoms with Crippen molar-refractivity contribution in [1.29, 1.82) is 0 Å². The predicted molar refractivity (Wildman–Crippen MR) is 103 cm³/mol. The zero-order valence-corrected chi connectivity index (χ0v) is 15.9.